The molecule has 0 saturated carbocycles. The van der Waals surface area contributed by atoms with Crippen LogP contribution in [0, 0.1) is 0 Å². The van der Waals surface area contributed by atoms with Crippen LogP contribution in [0.15, 0.2) is 71.9 Å². The van der Waals surface area contributed by atoms with Crippen LogP contribution < -0.4 is 11.1 Å². The molecule has 0 unspecified atom stereocenters. The highest BCUT2D eigenvalue weighted by Crippen LogP contribution is 2.38. The van der Waals surface area contributed by atoms with Gasteiger partial charge in [-0.1, -0.05) is 6.07 Å². The topological polar surface area (TPSA) is 137 Å². The average Bonchev–Trinajstić information content (AvgIpc) is 3.25. The number of rotatable bonds is 5. The molecule has 2 aromatic carbocycles. The lowest BCUT2D eigenvalue weighted by molar-refractivity contribution is 0.0992. The number of aryl methyl sites for hydroxylation is 1. The Bertz CT molecular complexity index is 1580. The van der Waals surface area contributed by atoms with E-state index in [1.165, 1.54) is 12.1 Å². The Morgan fingerprint density at radius 2 is 1.71 bits per heavy atom. The summed E-state index contributed by atoms with van der Waals surface area (Å²) in [5, 5.41) is 7.39. The molecule has 1 aliphatic rings. The number of hydrogen-bond acceptors (Lipinski definition) is 6. The van der Waals surface area contributed by atoms with Crippen LogP contribution in [0.3, 0.4) is 0 Å². The minimum Gasteiger partial charge on any atom is -0.364 e. The maximum absolute atomic E-state index is 12.7. The molecular weight excluding hydrogens is 466 g/mol. The van der Waals surface area contributed by atoms with E-state index in [4.69, 9.17) is 5.73 Å². The summed E-state index contributed by atoms with van der Waals surface area (Å²) in [6.07, 6.45) is 5.49. The molecule has 9 nitrogen and oxygen atoms in total. The van der Waals surface area contributed by atoms with Gasteiger partial charge in [0.25, 0.3) is 11.8 Å². The fraction of sp³-hybridized carbons (Fsp3) is 0.120. The van der Waals surface area contributed by atoms with Crippen LogP contribution in [0.2, 0.25) is 0 Å². The van der Waals surface area contributed by atoms with Crippen molar-refractivity contribution in [1.29, 1.82) is 0 Å². The first-order chi connectivity index (χ1) is 16.7. The number of fused-ring (bicyclic) bond motifs is 3. The monoisotopic (exact) mass is 487 g/mol. The highest BCUT2D eigenvalue weighted by Gasteiger charge is 2.28. The average molecular weight is 488 g/mol. The number of sulfone groups is 1. The Labute approximate surface area is 201 Å². The third kappa shape index (κ3) is 4.19. The van der Waals surface area contributed by atoms with E-state index in [1.807, 2.05) is 18.2 Å². The summed E-state index contributed by atoms with van der Waals surface area (Å²) in [5.74, 6) is -0.913. The maximum Gasteiger partial charge on any atom is 0.269 e. The molecule has 35 heavy (non-hydrogen) atoms. The zero-order valence-corrected chi connectivity index (χ0v) is 19.5. The highest BCUT2D eigenvalue weighted by atomic mass is 32.2. The molecule has 4 aromatic rings. The lowest BCUT2D eigenvalue weighted by Gasteiger charge is -2.20. The van der Waals surface area contributed by atoms with Crippen molar-refractivity contribution in [2.24, 2.45) is 5.73 Å². The first-order valence-corrected chi connectivity index (χ1v) is 12.7. The van der Waals surface area contributed by atoms with Crippen LogP contribution in [-0.4, -0.2) is 41.3 Å². The first-order valence-electron chi connectivity index (χ1n) is 10.8. The number of carbonyl (C=O) groups excluding carboxylic acids is 2. The lowest BCUT2D eigenvalue weighted by atomic mass is 9.88. The summed E-state index contributed by atoms with van der Waals surface area (Å²) >= 11 is 0. The second kappa shape index (κ2) is 8.48. The van der Waals surface area contributed by atoms with E-state index < -0.39 is 15.7 Å². The molecule has 2 aromatic heterocycles. The fourth-order valence-electron chi connectivity index (χ4n) is 4.24. The second-order valence-electron chi connectivity index (χ2n) is 8.28. The molecule has 0 aliphatic heterocycles. The van der Waals surface area contributed by atoms with Gasteiger partial charge < -0.3 is 11.1 Å². The zero-order valence-electron chi connectivity index (χ0n) is 18.7. The van der Waals surface area contributed by atoms with Crippen molar-refractivity contribution in [3.05, 3.63) is 89.4 Å². The SMILES string of the molecule is CS(=O)(=O)c1ccc(-n2nc(C(N)=O)c3c2-c2cc(NC(=O)c4ccncc4)ccc2CC3)cc1. The van der Waals surface area contributed by atoms with E-state index >= 15 is 0 Å². The van der Waals surface area contributed by atoms with E-state index in [1.54, 1.807) is 41.3 Å². The summed E-state index contributed by atoms with van der Waals surface area (Å²) in [4.78, 5) is 29.0. The van der Waals surface area contributed by atoms with Gasteiger partial charge in [-0.2, -0.15) is 5.10 Å². The molecule has 0 atom stereocenters. The van der Waals surface area contributed by atoms with E-state index in [0.29, 0.717) is 35.5 Å². The number of aromatic nitrogens is 3. The van der Waals surface area contributed by atoms with Gasteiger partial charge in [-0.15, -0.1) is 0 Å². The van der Waals surface area contributed by atoms with Crippen molar-refractivity contribution in [2.75, 3.05) is 11.6 Å². The third-order valence-electron chi connectivity index (χ3n) is 5.94. The summed E-state index contributed by atoms with van der Waals surface area (Å²) in [6, 6.07) is 15.1. The number of nitrogens with two attached hydrogens (primary N) is 1. The summed E-state index contributed by atoms with van der Waals surface area (Å²) in [6.45, 7) is 0. The number of carbonyl (C=O) groups is 2. The molecule has 0 spiro atoms. The van der Waals surface area contributed by atoms with E-state index in [0.717, 1.165) is 22.9 Å². The Balaban J connectivity index is 1.61. The number of nitrogens with one attached hydrogen (secondary N) is 1. The van der Waals surface area contributed by atoms with Crippen molar-refractivity contribution >= 4 is 27.3 Å². The minimum absolute atomic E-state index is 0.170. The second-order valence-corrected chi connectivity index (χ2v) is 10.3. The third-order valence-corrected chi connectivity index (χ3v) is 7.06. The number of anilines is 1. The van der Waals surface area contributed by atoms with Crippen LogP contribution >= 0.6 is 0 Å². The highest BCUT2D eigenvalue weighted by molar-refractivity contribution is 7.90. The van der Waals surface area contributed by atoms with E-state index in [9.17, 15) is 18.0 Å². The molecule has 10 heteroatoms. The molecule has 0 saturated heterocycles. The largest absolute Gasteiger partial charge is 0.364 e. The van der Waals surface area contributed by atoms with Gasteiger partial charge in [0.1, 0.15) is 0 Å². The van der Waals surface area contributed by atoms with Crippen molar-refractivity contribution in [2.45, 2.75) is 17.7 Å². The molecule has 5 rings (SSSR count). The smallest absolute Gasteiger partial charge is 0.269 e. The molecule has 3 N–H and O–H groups in total. The number of primary amides is 1. The maximum atomic E-state index is 12.7. The van der Waals surface area contributed by atoms with Gasteiger partial charge in [-0.3, -0.25) is 14.6 Å². The summed E-state index contributed by atoms with van der Waals surface area (Å²) < 4.78 is 25.4. The summed E-state index contributed by atoms with van der Waals surface area (Å²) in [5.41, 5.74) is 10.7. The Hall–Kier alpha value is -4.31. The van der Waals surface area contributed by atoms with Gasteiger partial charge in [0.05, 0.1) is 16.3 Å². The van der Waals surface area contributed by atoms with Crippen LogP contribution in [0.25, 0.3) is 16.9 Å². The Morgan fingerprint density at radius 3 is 2.37 bits per heavy atom. The molecule has 0 radical (unpaired) electrons. The Kier molecular flexibility index (Phi) is 5.45. The quantitative estimate of drug-likeness (QED) is 0.444. The number of hydrogen-bond donors (Lipinski definition) is 2. The van der Waals surface area contributed by atoms with Gasteiger partial charge in [0.2, 0.25) is 0 Å². The molecule has 2 heterocycles. The van der Waals surface area contributed by atoms with Crippen molar-refractivity contribution in [3.63, 3.8) is 0 Å². The lowest BCUT2D eigenvalue weighted by Crippen LogP contribution is -2.15. The molecular formula is C25H21N5O4S. The van der Waals surface area contributed by atoms with Crippen LogP contribution in [-0.2, 0) is 22.7 Å². The number of nitrogens with zero attached hydrogens (tertiary/aromatic N) is 3. The normalized spacial score (nSPS) is 12.5. The molecule has 0 fully saturated rings. The van der Waals surface area contributed by atoms with Crippen molar-refractivity contribution in [3.8, 4) is 16.9 Å². The van der Waals surface area contributed by atoms with Crippen LogP contribution in [0.1, 0.15) is 32.0 Å². The molecule has 1 aliphatic carbocycles. The van der Waals surface area contributed by atoms with Gasteiger partial charge >= 0.3 is 0 Å². The van der Waals surface area contributed by atoms with Gasteiger partial charge in [-0.05, 0) is 66.9 Å². The van der Waals surface area contributed by atoms with Crippen LogP contribution in [0.4, 0.5) is 5.69 Å². The minimum atomic E-state index is -3.36. The first kappa shape index (κ1) is 22.5. The summed E-state index contributed by atoms with van der Waals surface area (Å²) in [7, 11) is -3.36. The predicted octanol–water partition coefficient (Wildman–Crippen LogP) is 2.79. The van der Waals surface area contributed by atoms with E-state index in [2.05, 4.69) is 15.4 Å². The fourth-order valence-corrected chi connectivity index (χ4v) is 4.87. The van der Waals surface area contributed by atoms with Gasteiger partial charge in [0, 0.05) is 41.0 Å². The van der Waals surface area contributed by atoms with Crippen molar-refractivity contribution < 1.29 is 18.0 Å². The number of amides is 2. The van der Waals surface area contributed by atoms with Crippen molar-refractivity contribution in [1.82, 2.24) is 14.8 Å². The van der Waals surface area contributed by atoms with Gasteiger partial charge in [-0.25, -0.2) is 13.1 Å². The van der Waals surface area contributed by atoms with Crippen LogP contribution in [0.5, 0.6) is 0 Å². The number of pyridine rings is 1. The predicted molar refractivity (Wildman–Crippen MR) is 130 cm³/mol. The molecule has 176 valence electrons. The Morgan fingerprint density at radius 1 is 1.00 bits per heavy atom. The van der Waals surface area contributed by atoms with E-state index in [-0.39, 0.29) is 16.5 Å². The standard InChI is InChI=1S/C25H21N5O4S/c1-35(33,34)19-7-5-18(6-8-19)30-23-20(22(29-30)24(26)31)9-3-15-2-4-17(14-21(15)23)28-25(32)16-10-12-27-13-11-16/h2,4-8,10-14H,3,9H2,1H3,(H2,26,31)(H,28,32). The molecule has 0 bridgehead atoms. The number of benzene rings is 2. The van der Waals surface area contributed by atoms with Gasteiger partial charge in [0.15, 0.2) is 15.5 Å². The molecule has 2 amide bonds. The zero-order chi connectivity index (χ0) is 24.7.